The first-order valence-corrected chi connectivity index (χ1v) is 13.7. The largest absolute Gasteiger partial charge is 0.503 e. The number of carbonyl (C=O) groups excluding carboxylic acids is 1. The fourth-order valence-corrected chi connectivity index (χ4v) is 4.52. The number of aryl methyl sites for hydroxylation is 1. The van der Waals surface area contributed by atoms with Crippen LogP contribution in [0.25, 0.3) is 11.1 Å². The highest BCUT2D eigenvalue weighted by Crippen LogP contribution is 2.29. The Kier molecular flexibility index (Phi) is 17.7. The molecule has 0 bridgehead atoms. The molecule has 200 valence electrons. The van der Waals surface area contributed by atoms with Crippen LogP contribution < -0.4 is 0 Å². The van der Waals surface area contributed by atoms with Gasteiger partial charge in [-0.15, -0.1) is 0 Å². The van der Waals surface area contributed by atoms with Crippen molar-refractivity contribution in [2.24, 2.45) is 0 Å². The standard InChI is InChI=1S/C30H44O2.CH2O3/c1-3-4-5-6-7-8-9-10-11-12-13-14-15-16-21-26-22-17-18-23-27(26)28-24-19-20-25-29(28)30(31)32-2;2-1(3)4/h17-20,22-25H,3-16,21H2,1-2H3;(H2,2,3,4). The summed E-state index contributed by atoms with van der Waals surface area (Å²) in [6, 6.07) is 16.2. The molecule has 0 radical (unpaired) electrons. The van der Waals surface area contributed by atoms with Crippen molar-refractivity contribution in [1.29, 1.82) is 0 Å². The molecule has 0 unspecified atom stereocenters. The lowest BCUT2D eigenvalue weighted by molar-refractivity contribution is 0.0601. The number of methoxy groups -OCH3 is 1. The molecule has 0 amide bonds. The average Bonchev–Trinajstić information content (AvgIpc) is 2.88. The van der Waals surface area contributed by atoms with E-state index < -0.39 is 6.16 Å². The number of carbonyl (C=O) groups is 2. The minimum atomic E-state index is -1.83. The van der Waals surface area contributed by atoms with Crippen molar-refractivity contribution in [2.45, 2.75) is 103 Å². The van der Waals surface area contributed by atoms with Crippen LogP contribution in [0.3, 0.4) is 0 Å². The van der Waals surface area contributed by atoms with Crippen molar-refractivity contribution >= 4 is 12.1 Å². The van der Waals surface area contributed by atoms with Crippen LogP contribution in [0.15, 0.2) is 48.5 Å². The van der Waals surface area contributed by atoms with Gasteiger partial charge in [0.25, 0.3) is 0 Å². The van der Waals surface area contributed by atoms with Crippen LogP contribution in [0.4, 0.5) is 4.79 Å². The van der Waals surface area contributed by atoms with Gasteiger partial charge in [-0.1, -0.05) is 133 Å². The number of benzene rings is 2. The third-order valence-electron chi connectivity index (χ3n) is 6.44. The van der Waals surface area contributed by atoms with Crippen LogP contribution in [-0.4, -0.2) is 29.4 Å². The van der Waals surface area contributed by atoms with Crippen LogP contribution in [0.5, 0.6) is 0 Å². The highest BCUT2D eigenvalue weighted by atomic mass is 16.6. The molecule has 2 aromatic carbocycles. The third kappa shape index (κ3) is 13.9. The Balaban J connectivity index is 0.00000150. The van der Waals surface area contributed by atoms with E-state index >= 15 is 0 Å². The molecular weight excluding hydrogens is 452 g/mol. The average molecular weight is 499 g/mol. The summed E-state index contributed by atoms with van der Waals surface area (Å²) >= 11 is 0. The molecule has 0 aromatic heterocycles. The molecule has 0 saturated carbocycles. The maximum Gasteiger partial charge on any atom is 0.503 e. The number of hydrogen-bond acceptors (Lipinski definition) is 3. The molecule has 0 saturated heterocycles. The lowest BCUT2D eigenvalue weighted by Crippen LogP contribution is -2.04. The highest BCUT2D eigenvalue weighted by Gasteiger charge is 2.14. The second-order valence-electron chi connectivity index (χ2n) is 9.32. The SMILES string of the molecule is CCCCCCCCCCCCCCCCc1ccccc1-c1ccccc1C(=O)OC.O=C(O)O. The number of esters is 1. The van der Waals surface area contributed by atoms with Gasteiger partial charge in [-0.25, -0.2) is 9.59 Å². The molecular formula is C31H46O5. The van der Waals surface area contributed by atoms with Crippen LogP contribution in [0, 0.1) is 0 Å². The van der Waals surface area contributed by atoms with E-state index in [1.54, 1.807) is 0 Å². The summed E-state index contributed by atoms with van der Waals surface area (Å²) in [6.45, 7) is 2.28. The molecule has 0 aliphatic rings. The fraction of sp³-hybridized carbons (Fsp3) is 0.548. The maximum atomic E-state index is 12.2. The predicted octanol–water partition coefficient (Wildman–Crippen LogP) is 9.39. The van der Waals surface area contributed by atoms with Crippen molar-refractivity contribution < 1.29 is 24.5 Å². The summed E-state index contributed by atoms with van der Waals surface area (Å²) in [4.78, 5) is 20.7. The smallest absolute Gasteiger partial charge is 0.465 e. The summed E-state index contributed by atoms with van der Waals surface area (Å²) in [7, 11) is 1.44. The Morgan fingerprint density at radius 1 is 0.639 bits per heavy atom. The van der Waals surface area contributed by atoms with Crippen LogP contribution >= 0.6 is 0 Å². The molecule has 0 spiro atoms. The lowest BCUT2D eigenvalue weighted by Gasteiger charge is -2.13. The summed E-state index contributed by atoms with van der Waals surface area (Å²) < 4.78 is 4.99. The summed E-state index contributed by atoms with van der Waals surface area (Å²) in [6.07, 6.45) is 18.5. The Hall–Kier alpha value is -2.82. The summed E-state index contributed by atoms with van der Waals surface area (Å²) in [5.41, 5.74) is 4.09. The van der Waals surface area contributed by atoms with Gasteiger partial charge in [0.05, 0.1) is 12.7 Å². The van der Waals surface area contributed by atoms with E-state index in [0.29, 0.717) is 5.56 Å². The Bertz CT molecular complexity index is 858. The van der Waals surface area contributed by atoms with E-state index in [0.717, 1.165) is 17.5 Å². The number of unbranched alkanes of at least 4 members (excludes halogenated alkanes) is 13. The van der Waals surface area contributed by atoms with E-state index in [1.165, 1.54) is 103 Å². The third-order valence-corrected chi connectivity index (χ3v) is 6.44. The monoisotopic (exact) mass is 498 g/mol. The van der Waals surface area contributed by atoms with Crippen molar-refractivity contribution in [2.75, 3.05) is 7.11 Å². The molecule has 0 heterocycles. The molecule has 0 atom stereocenters. The van der Waals surface area contributed by atoms with E-state index in [1.807, 2.05) is 24.3 Å². The molecule has 2 aromatic rings. The van der Waals surface area contributed by atoms with Crippen LogP contribution in [0.1, 0.15) is 113 Å². The van der Waals surface area contributed by atoms with Gasteiger partial charge in [0, 0.05) is 0 Å². The predicted molar refractivity (Wildman–Crippen MR) is 148 cm³/mol. The number of hydrogen-bond donors (Lipinski definition) is 2. The molecule has 36 heavy (non-hydrogen) atoms. The number of rotatable bonds is 17. The maximum absolute atomic E-state index is 12.2. The molecule has 2 rings (SSSR count). The normalized spacial score (nSPS) is 10.4. The van der Waals surface area contributed by atoms with Gasteiger partial charge in [0.1, 0.15) is 0 Å². The van der Waals surface area contributed by atoms with Crippen molar-refractivity contribution in [1.82, 2.24) is 0 Å². The number of carboxylic acid groups (broad SMARTS) is 2. The van der Waals surface area contributed by atoms with Crippen molar-refractivity contribution in [3.8, 4) is 11.1 Å². The number of ether oxygens (including phenoxy) is 1. The van der Waals surface area contributed by atoms with Gasteiger partial charge in [0.15, 0.2) is 0 Å². The first-order valence-electron chi connectivity index (χ1n) is 13.7. The zero-order chi connectivity index (χ0) is 26.4. The molecule has 0 aliphatic carbocycles. The van der Waals surface area contributed by atoms with Gasteiger partial charge < -0.3 is 14.9 Å². The Morgan fingerprint density at radius 3 is 1.56 bits per heavy atom. The minimum Gasteiger partial charge on any atom is -0.465 e. The lowest BCUT2D eigenvalue weighted by atomic mass is 9.92. The van der Waals surface area contributed by atoms with Crippen LogP contribution in [0.2, 0.25) is 0 Å². The molecule has 2 N–H and O–H groups in total. The second kappa shape index (κ2) is 20.4. The molecule has 0 fully saturated rings. The summed E-state index contributed by atoms with van der Waals surface area (Å²) in [5.74, 6) is -0.271. The Morgan fingerprint density at radius 2 is 1.06 bits per heavy atom. The zero-order valence-electron chi connectivity index (χ0n) is 22.3. The molecule has 5 heteroatoms. The van der Waals surface area contributed by atoms with Gasteiger partial charge in [-0.2, -0.15) is 0 Å². The minimum absolute atomic E-state index is 0.271. The topological polar surface area (TPSA) is 83.8 Å². The van der Waals surface area contributed by atoms with Gasteiger partial charge in [-0.3, -0.25) is 0 Å². The highest BCUT2D eigenvalue weighted by molar-refractivity contribution is 5.97. The van der Waals surface area contributed by atoms with E-state index in [9.17, 15) is 4.79 Å². The van der Waals surface area contributed by atoms with Crippen molar-refractivity contribution in [3.05, 3.63) is 59.7 Å². The quantitative estimate of drug-likeness (QED) is 0.168. The first kappa shape index (κ1) is 31.2. The van der Waals surface area contributed by atoms with E-state index in [4.69, 9.17) is 19.7 Å². The summed E-state index contributed by atoms with van der Waals surface area (Å²) in [5, 5.41) is 13.9. The second-order valence-corrected chi connectivity index (χ2v) is 9.32. The van der Waals surface area contributed by atoms with Crippen LogP contribution in [-0.2, 0) is 11.2 Å². The molecule has 0 aliphatic heterocycles. The fourth-order valence-electron chi connectivity index (χ4n) is 4.52. The molecule has 5 nitrogen and oxygen atoms in total. The first-order chi connectivity index (χ1) is 17.5. The van der Waals surface area contributed by atoms with E-state index in [-0.39, 0.29) is 5.97 Å². The van der Waals surface area contributed by atoms with Crippen molar-refractivity contribution in [3.63, 3.8) is 0 Å². The van der Waals surface area contributed by atoms with Gasteiger partial charge >= 0.3 is 12.1 Å². The van der Waals surface area contributed by atoms with Gasteiger partial charge in [-0.05, 0) is 35.6 Å². The van der Waals surface area contributed by atoms with E-state index in [2.05, 4.69) is 31.2 Å². The Labute approximate surface area is 217 Å². The van der Waals surface area contributed by atoms with Gasteiger partial charge in [0.2, 0.25) is 0 Å². The zero-order valence-corrected chi connectivity index (χ0v) is 22.3.